The molecule has 0 saturated heterocycles. The van der Waals surface area contributed by atoms with Crippen molar-refractivity contribution in [3.05, 3.63) is 13.2 Å². The molecule has 0 amide bonds. The lowest BCUT2D eigenvalue weighted by Crippen LogP contribution is -2.33. The minimum absolute atomic E-state index is 0.491. The highest BCUT2D eigenvalue weighted by Gasteiger charge is 2.01. The van der Waals surface area contributed by atoms with Gasteiger partial charge in [0, 0.05) is 0 Å². The summed E-state index contributed by atoms with van der Waals surface area (Å²) in [6.07, 6.45) is -0.992. The van der Waals surface area contributed by atoms with E-state index in [2.05, 4.69) is 17.6 Å². The predicted octanol–water partition coefficient (Wildman–Crippen LogP) is -2.07. The fourth-order valence-electron chi connectivity index (χ4n) is 0.268. The van der Waals surface area contributed by atoms with E-state index >= 15 is 0 Å². The Labute approximate surface area is 66.5 Å². The lowest BCUT2D eigenvalue weighted by molar-refractivity contribution is -0.236. The summed E-state index contributed by atoms with van der Waals surface area (Å²) in [5.74, 6) is 0. The third kappa shape index (κ3) is 9.28. The molecule has 0 aliphatic rings. The Hall–Kier alpha value is -0.723. The van der Waals surface area contributed by atoms with Gasteiger partial charge in [-0.25, -0.2) is 0 Å². The highest BCUT2D eigenvalue weighted by Crippen LogP contribution is 1.84. The predicted molar refractivity (Wildman–Crippen MR) is 36.7 cm³/mol. The van der Waals surface area contributed by atoms with E-state index in [9.17, 15) is 9.26 Å². The summed E-state index contributed by atoms with van der Waals surface area (Å²) in [6.45, 7) is 5.02. The first-order valence-corrected chi connectivity index (χ1v) is 4.02. The van der Waals surface area contributed by atoms with Gasteiger partial charge >= 0.3 is 9.17 Å². The van der Waals surface area contributed by atoms with Crippen LogP contribution in [0.4, 0.5) is 0 Å². The zero-order valence-corrected chi connectivity index (χ0v) is 7.02. The SMILES string of the molecule is C=C.O=[Si]([O-])OC(CO)CO. The Balaban J connectivity index is 0. The molecule has 2 N–H and O–H groups in total. The van der Waals surface area contributed by atoms with E-state index < -0.39 is 28.5 Å². The van der Waals surface area contributed by atoms with Crippen LogP contribution in [-0.2, 0) is 8.89 Å². The van der Waals surface area contributed by atoms with Gasteiger partial charge in [-0.3, -0.25) is 0 Å². The van der Waals surface area contributed by atoms with Crippen molar-refractivity contribution in [2.75, 3.05) is 13.2 Å². The number of hydrogen-bond donors (Lipinski definition) is 2. The number of rotatable bonds is 4. The van der Waals surface area contributed by atoms with Crippen molar-refractivity contribution in [3.63, 3.8) is 0 Å². The van der Waals surface area contributed by atoms with Crippen LogP contribution in [0.2, 0.25) is 0 Å². The standard InChI is InChI=1S/C3H7O5Si.C2H4/c4-1-3(2-5)8-9(6)7;1-2/h3-5H,1-2H2;1-2H2/q-1;. The Morgan fingerprint density at radius 1 is 1.45 bits per heavy atom. The molecule has 0 bridgehead atoms. The largest absolute Gasteiger partial charge is 0.580 e. The van der Waals surface area contributed by atoms with Gasteiger partial charge in [0.1, 0.15) is 0 Å². The van der Waals surface area contributed by atoms with Crippen LogP contribution < -0.4 is 4.80 Å². The summed E-state index contributed by atoms with van der Waals surface area (Å²) in [5.41, 5.74) is 0. The third-order valence-corrected chi connectivity index (χ3v) is 1.20. The average Bonchev–Trinajstić information content (AvgIpc) is 2.03. The van der Waals surface area contributed by atoms with Gasteiger partial charge in [0.25, 0.3) is 0 Å². The van der Waals surface area contributed by atoms with Crippen LogP contribution in [0.1, 0.15) is 0 Å². The lowest BCUT2D eigenvalue weighted by atomic mass is 10.4. The summed E-state index contributed by atoms with van der Waals surface area (Å²) in [5, 5.41) is 16.5. The molecule has 11 heavy (non-hydrogen) atoms. The average molecular weight is 179 g/mol. The smallest absolute Gasteiger partial charge is 0.413 e. The number of hydrogen-bond acceptors (Lipinski definition) is 5. The van der Waals surface area contributed by atoms with Crippen LogP contribution >= 0.6 is 0 Å². The molecule has 0 rings (SSSR count). The number of aliphatic hydroxyl groups excluding tert-OH is 2. The van der Waals surface area contributed by atoms with E-state index in [0.29, 0.717) is 0 Å². The summed E-state index contributed by atoms with van der Waals surface area (Å²) in [7, 11) is -3.28. The van der Waals surface area contributed by atoms with Gasteiger partial charge in [0.05, 0.1) is 19.3 Å². The molecule has 0 heterocycles. The second kappa shape index (κ2) is 9.28. The molecule has 6 heteroatoms. The minimum atomic E-state index is -3.28. The quantitative estimate of drug-likeness (QED) is 0.382. The highest BCUT2D eigenvalue weighted by molar-refractivity contribution is 6.21. The summed E-state index contributed by atoms with van der Waals surface area (Å²) >= 11 is 0. The normalized spacial score (nSPS) is 8.27. The van der Waals surface area contributed by atoms with Gasteiger partial charge < -0.3 is 23.9 Å². The van der Waals surface area contributed by atoms with Crippen molar-refractivity contribution in [1.29, 1.82) is 0 Å². The summed E-state index contributed by atoms with van der Waals surface area (Å²) in [4.78, 5) is 9.76. The summed E-state index contributed by atoms with van der Waals surface area (Å²) < 4.78 is 13.8. The fourth-order valence-corrected chi connectivity index (χ4v) is 0.690. The van der Waals surface area contributed by atoms with Crippen LogP contribution in [0.3, 0.4) is 0 Å². The van der Waals surface area contributed by atoms with Crippen molar-refractivity contribution >= 4 is 9.17 Å². The number of aliphatic hydroxyl groups is 2. The van der Waals surface area contributed by atoms with Crippen LogP contribution in [0, 0.1) is 0 Å². The summed E-state index contributed by atoms with van der Waals surface area (Å²) in [6, 6.07) is 0. The van der Waals surface area contributed by atoms with Gasteiger partial charge in [-0.2, -0.15) is 0 Å². The molecule has 0 aliphatic heterocycles. The zero-order chi connectivity index (χ0) is 9.28. The maximum Gasteiger partial charge on any atom is 0.413 e. The van der Waals surface area contributed by atoms with Crippen molar-refractivity contribution in [1.82, 2.24) is 0 Å². The van der Waals surface area contributed by atoms with Gasteiger partial charge in [0.15, 0.2) is 0 Å². The zero-order valence-electron chi connectivity index (χ0n) is 6.02. The molecule has 0 fully saturated rings. The third-order valence-electron chi connectivity index (χ3n) is 0.670. The molecular formula is C5H11O5Si-. The molecule has 5 nitrogen and oxygen atoms in total. The molecule has 0 radical (unpaired) electrons. The molecule has 0 aromatic carbocycles. The molecule has 66 valence electrons. The lowest BCUT2D eigenvalue weighted by Gasteiger charge is -2.16. The molecule has 0 aliphatic carbocycles. The highest BCUT2D eigenvalue weighted by atomic mass is 28.3. The molecule has 0 saturated carbocycles. The first-order chi connectivity index (χ1) is 5.20. The van der Waals surface area contributed by atoms with Crippen LogP contribution in [-0.4, -0.2) is 38.7 Å². The van der Waals surface area contributed by atoms with Gasteiger partial charge in [0.2, 0.25) is 0 Å². The van der Waals surface area contributed by atoms with E-state index in [4.69, 9.17) is 10.2 Å². The Kier molecular flexibility index (Phi) is 10.9. The Morgan fingerprint density at radius 2 is 1.82 bits per heavy atom. The maximum atomic E-state index is 9.76. The molecular weight excluding hydrogens is 168 g/mol. The van der Waals surface area contributed by atoms with Crippen LogP contribution in [0.25, 0.3) is 0 Å². The van der Waals surface area contributed by atoms with Gasteiger partial charge in [-0.15, -0.1) is 13.2 Å². The van der Waals surface area contributed by atoms with E-state index in [-0.39, 0.29) is 0 Å². The second-order valence-electron chi connectivity index (χ2n) is 1.36. The fraction of sp³-hybridized carbons (Fsp3) is 0.600. The minimum Gasteiger partial charge on any atom is -0.580 e. The molecule has 0 aromatic rings. The van der Waals surface area contributed by atoms with E-state index in [1.54, 1.807) is 0 Å². The van der Waals surface area contributed by atoms with Crippen molar-refractivity contribution in [2.45, 2.75) is 6.10 Å². The Morgan fingerprint density at radius 3 is 1.91 bits per heavy atom. The molecule has 0 unspecified atom stereocenters. The van der Waals surface area contributed by atoms with Gasteiger partial charge in [-0.1, -0.05) is 0 Å². The van der Waals surface area contributed by atoms with E-state index in [1.807, 2.05) is 0 Å². The first kappa shape index (κ1) is 12.9. The van der Waals surface area contributed by atoms with Crippen molar-refractivity contribution in [2.24, 2.45) is 0 Å². The molecule has 0 atom stereocenters. The van der Waals surface area contributed by atoms with Gasteiger partial charge in [-0.05, 0) is 0 Å². The van der Waals surface area contributed by atoms with E-state index in [1.165, 1.54) is 0 Å². The van der Waals surface area contributed by atoms with Crippen LogP contribution in [0.15, 0.2) is 13.2 Å². The van der Waals surface area contributed by atoms with E-state index in [0.717, 1.165) is 0 Å². The van der Waals surface area contributed by atoms with Crippen LogP contribution in [0.5, 0.6) is 0 Å². The maximum absolute atomic E-state index is 9.76. The Bertz CT molecular complexity index is 103. The monoisotopic (exact) mass is 179 g/mol. The second-order valence-corrected chi connectivity index (χ2v) is 2.09. The van der Waals surface area contributed by atoms with Crippen molar-refractivity contribution in [3.8, 4) is 0 Å². The molecule has 0 spiro atoms. The molecule has 0 aromatic heterocycles. The topological polar surface area (TPSA) is 89.8 Å². The first-order valence-electron chi connectivity index (χ1n) is 2.80. The van der Waals surface area contributed by atoms with Crippen molar-refractivity contribution < 1.29 is 23.9 Å².